The number of rotatable bonds is 6. The van der Waals surface area contributed by atoms with E-state index in [-0.39, 0.29) is 36.3 Å². The molecule has 0 radical (unpaired) electrons. The zero-order valence-electron chi connectivity index (χ0n) is 13.3. The van der Waals surface area contributed by atoms with Crippen LogP contribution in [0.15, 0.2) is 41.3 Å². The van der Waals surface area contributed by atoms with Gasteiger partial charge in [-0.2, -0.15) is 5.10 Å². The summed E-state index contributed by atoms with van der Waals surface area (Å²) in [6.45, 7) is 0.0837. The predicted octanol–water partition coefficient (Wildman–Crippen LogP) is 1.42. The number of benzene rings is 1. The Kier molecular flexibility index (Phi) is 5.02. The number of hydrogen-bond acceptors (Lipinski definition) is 5. The SMILES string of the molecule is O=C(Cc1n[nH]c(=O)[nH]1)NCc1cccnc1Oc1ccc(F)c(F)c1. The number of ether oxygens (including phenoxy) is 1. The zero-order valence-corrected chi connectivity index (χ0v) is 13.3. The summed E-state index contributed by atoms with van der Waals surface area (Å²) in [7, 11) is 0. The molecule has 0 bridgehead atoms. The third kappa shape index (κ3) is 4.29. The largest absolute Gasteiger partial charge is 0.439 e. The first-order chi connectivity index (χ1) is 12.5. The summed E-state index contributed by atoms with van der Waals surface area (Å²) in [6.07, 6.45) is 1.35. The highest BCUT2D eigenvalue weighted by atomic mass is 19.2. The summed E-state index contributed by atoms with van der Waals surface area (Å²) < 4.78 is 31.7. The van der Waals surface area contributed by atoms with E-state index in [4.69, 9.17) is 4.74 Å². The van der Waals surface area contributed by atoms with Crippen LogP contribution in [-0.4, -0.2) is 26.1 Å². The van der Waals surface area contributed by atoms with E-state index in [1.165, 1.54) is 12.3 Å². The van der Waals surface area contributed by atoms with Crippen molar-refractivity contribution in [1.82, 2.24) is 25.5 Å². The molecular weight excluding hydrogens is 348 g/mol. The van der Waals surface area contributed by atoms with Crippen LogP contribution >= 0.6 is 0 Å². The molecule has 1 aromatic carbocycles. The topological polar surface area (TPSA) is 113 Å². The van der Waals surface area contributed by atoms with Crippen molar-refractivity contribution < 1.29 is 18.3 Å². The lowest BCUT2D eigenvalue weighted by Gasteiger charge is -2.10. The summed E-state index contributed by atoms with van der Waals surface area (Å²) in [6, 6.07) is 6.42. The van der Waals surface area contributed by atoms with Crippen molar-refractivity contribution in [3.05, 3.63) is 70.0 Å². The molecule has 0 aliphatic heterocycles. The standard InChI is InChI=1S/C16H13F2N5O3/c17-11-4-3-10(6-12(11)18)26-15-9(2-1-5-19-15)8-20-14(24)7-13-21-16(25)23-22-13/h1-6H,7-8H2,(H,20,24)(H2,21,22,23,25). The smallest absolute Gasteiger partial charge is 0.340 e. The molecule has 3 aromatic rings. The molecule has 3 N–H and O–H groups in total. The van der Waals surface area contributed by atoms with E-state index >= 15 is 0 Å². The number of amides is 1. The Bertz CT molecular complexity index is 986. The van der Waals surface area contributed by atoms with Crippen LogP contribution in [0, 0.1) is 11.6 Å². The number of carbonyl (C=O) groups excluding carboxylic acids is 1. The Hall–Kier alpha value is -3.56. The van der Waals surface area contributed by atoms with Crippen molar-refractivity contribution in [1.29, 1.82) is 0 Å². The lowest BCUT2D eigenvalue weighted by Crippen LogP contribution is -2.25. The lowest BCUT2D eigenvalue weighted by molar-refractivity contribution is -0.120. The van der Waals surface area contributed by atoms with Crippen LogP contribution in [0.1, 0.15) is 11.4 Å². The molecule has 3 rings (SSSR count). The minimum absolute atomic E-state index is 0.0734. The van der Waals surface area contributed by atoms with Crippen molar-refractivity contribution in [3.8, 4) is 11.6 Å². The summed E-state index contributed by atoms with van der Waals surface area (Å²) >= 11 is 0. The quantitative estimate of drug-likeness (QED) is 0.615. The van der Waals surface area contributed by atoms with E-state index in [1.54, 1.807) is 12.1 Å². The minimum atomic E-state index is -1.04. The number of halogens is 2. The number of aromatic amines is 2. The fourth-order valence-corrected chi connectivity index (χ4v) is 2.10. The number of nitrogens with zero attached hydrogens (tertiary/aromatic N) is 2. The lowest BCUT2D eigenvalue weighted by atomic mass is 10.2. The third-order valence-corrected chi connectivity index (χ3v) is 3.31. The third-order valence-electron chi connectivity index (χ3n) is 3.31. The zero-order chi connectivity index (χ0) is 18.5. The highest BCUT2D eigenvalue weighted by Gasteiger charge is 2.11. The molecule has 2 heterocycles. The van der Waals surface area contributed by atoms with Gasteiger partial charge >= 0.3 is 5.69 Å². The van der Waals surface area contributed by atoms with Crippen molar-refractivity contribution >= 4 is 5.91 Å². The molecule has 0 spiro atoms. The Morgan fingerprint density at radius 2 is 2.08 bits per heavy atom. The molecule has 0 aliphatic carbocycles. The molecule has 0 aliphatic rings. The first kappa shape index (κ1) is 17.3. The molecule has 134 valence electrons. The van der Waals surface area contributed by atoms with Gasteiger partial charge in [0.05, 0.1) is 6.42 Å². The monoisotopic (exact) mass is 361 g/mol. The van der Waals surface area contributed by atoms with Crippen LogP contribution in [0.3, 0.4) is 0 Å². The average molecular weight is 361 g/mol. The van der Waals surface area contributed by atoms with E-state index in [0.29, 0.717) is 5.56 Å². The second-order valence-electron chi connectivity index (χ2n) is 5.22. The maximum atomic E-state index is 13.3. The molecule has 0 saturated heterocycles. The van der Waals surface area contributed by atoms with Crippen LogP contribution in [0.4, 0.5) is 8.78 Å². The summed E-state index contributed by atoms with van der Waals surface area (Å²) in [5.41, 5.74) is 0.0309. The number of nitrogens with one attached hydrogen (secondary N) is 3. The van der Waals surface area contributed by atoms with Gasteiger partial charge in [-0.25, -0.2) is 23.7 Å². The highest BCUT2D eigenvalue weighted by Crippen LogP contribution is 2.24. The molecule has 0 saturated carbocycles. The van der Waals surface area contributed by atoms with E-state index in [9.17, 15) is 18.4 Å². The Morgan fingerprint density at radius 3 is 2.81 bits per heavy atom. The molecule has 0 unspecified atom stereocenters. The molecule has 10 heteroatoms. The van der Waals surface area contributed by atoms with Gasteiger partial charge in [-0.15, -0.1) is 0 Å². The number of H-pyrrole nitrogens is 2. The maximum Gasteiger partial charge on any atom is 0.340 e. The number of pyridine rings is 1. The number of carbonyl (C=O) groups is 1. The number of hydrogen-bond donors (Lipinski definition) is 3. The highest BCUT2D eigenvalue weighted by molar-refractivity contribution is 5.77. The molecule has 0 atom stereocenters. The maximum absolute atomic E-state index is 13.3. The Labute approximate surface area is 145 Å². The van der Waals surface area contributed by atoms with Crippen LogP contribution < -0.4 is 15.7 Å². The minimum Gasteiger partial charge on any atom is -0.439 e. The van der Waals surface area contributed by atoms with Crippen LogP contribution in [0.25, 0.3) is 0 Å². The fourth-order valence-electron chi connectivity index (χ4n) is 2.10. The second kappa shape index (κ2) is 7.55. The van der Waals surface area contributed by atoms with E-state index < -0.39 is 17.3 Å². The molecular formula is C16H13F2N5O3. The van der Waals surface area contributed by atoms with Gasteiger partial charge in [0.25, 0.3) is 0 Å². The normalized spacial score (nSPS) is 10.5. The van der Waals surface area contributed by atoms with E-state index in [1.807, 2.05) is 0 Å². The molecule has 26 heavy (non-hydrogen) atoms. The number of aromatic nitrogens is 4. The fraction of sp³-hybridized carbons (Fsp3) is 0.125. The van der Waals surface area contributed by atoms with E-state index in [2.05, 4.69) is 25.5 Å². The van der Waals surface area contributed by atoms with E-state index in [0.717, 1.165) is 12.1 Å². The molecule has 2 aromatic heterocycles. The van der Waals surface area contributed by atoms with Gasteiger partial charge in [0.2, 0.25) is 11.8 Å². The average Bonchev–Trinajstić information content (AvgIpc) is 3.02. The van der Waals surface area contributed by atoms with Crippen molar-refractivity contribution in [2.24, 2.45) is 0 Å². The van der Waals surface area contributed by atoms with Crippen molar-refractivity contribution in [2.45, 2.75) is 13.0 Å². The van der Waals surface area contributed by atoms with Gasteiger partial charge in [-0.05, 0) is 18.2 Å². The van der Waals surface area contributed by atoms with Crippen LogP contribution in [0.2, 0.25) is 0 Å². The molecule has 0 fully saturated rings. The first-order valence-electron chi connectivity index (χ1n) is 7.48. The van der Waals surface area contributed by atoms with Crippen LogP contribution in [-0.2, 0) is 17.8 Å². The Balaban J connectivity index is 1.65. The predicted molar refractivity (Wildman–Crippen MR) is 85.4 cm³/mol. The van der Waals surface area contributed by atoms with Gasteiger partial charge in [0, 0.05) is 24.4 Å². The summed E-state index contributed by atoms with van der Waals surface area (Å²) in [5, 5.41) is 8.44. The molecule has 8 nitrogen and oxygen atoms in total. The second-order valence-corrected chi connectivity index (χ2v) is 5.22. The van der Waals surface area contributed by atoms with Crippen molar-refractivity contribution in [2.75, 3.05) is 0 Å². The van der Waals surface area contributed by atoms with Crippen LogP contribution in [0.5, 0.6) is 11.6 Å². The summed E-state index contributed by atoms with van der Waals surface area (Å²) in [4.78, 5) is 29.3. The van der Waals surface area contributed by atoms with Gasteiger partial charge in [-0.3, -0.25) is 9.78 Å². The first-order valence-corrected chi connectivity index (χ1v) is 7.48. The van der Waals surface area contributed by atoms with Gasteiger partial charge < -0.3 is 10.1 Å². The molecule has 1 amide bonds. The summed E-state index contributed by atoms with van der Waals surface area (Å²) in [5.74, 6) is -1.98. The Morgan fingerprint density at radius 1 is 1.23 bits per heavy atom. The van der Waals surface area contributed by atoms with Crippen molar-refractivity contribution in [3.63, 3.8) is 0 Å². The van der Waals surface area contributed by atoms with Gasteiger partial charge in [-0.1, -0.05) is 6.07 Å². The van der Waals surface area contributed by atoms with Gasteiger partial charge in [0.15, 0.2) is 11.6 Å². The van der Waals surface area contributed by atoms with Gasteiger partial charge in [0.1, 0.15) is 11.6 Å².